The van der Waals surface area contributed by atoms with Gasteiger partial charge in [-0.15, -0.1) is 0 Å². The molecule has 7 heteroatoms. The van der Waals surface area contributed by atoms with Crippen molar-refractivity contribution in [3.8, 4) is 5.69 Å². The lowest BCUT2D eigenvalue weighted by Gasteiger charge is -2.19. The Balaban J connectivity index is 1.62. The van der Waals surface area contributed by atoms with Gasteiger partial charge in [-0.25, -0.2) is 13.4 Å². The molecule has 2 aromatic carbocycles. The Kier molecular flexibility index (Phi) is 6.84. The van der Waals surface area contributed by atoms with Crippen LogP contribution < -0.4 is 5.32 Å². The maximum atomic E-state index is 12.6. The van der Waals surface area contributed by atoms with Gasteiger partial charge in [0.05, 0.1) is 11.2 Å². The number of sulfonamides is 1. The highest BCUT2D eigenvalue weighted by molar-refractivity contribution is 7.89. The average Bonchev–Trinajstić information content (AvgIpc) is 3.28. The maximum absolute atomic E-state index is 12.6. The minimum absolute atomic E-state index is 0.105. The number of aromatic nitrogens is 2. The predicted octanol–water partition coefficient (Wildman–Crippen LogP) is 3.75. The minimum Gasteiger partial charge on any atom is -0.306 e. The zero-order chi connectivity index (χ0) is 20.9. The summed E-state index contributed by atoms with van der Waals surface area (Å²) in [5.74, 6) is 0. The van der Waals surface area contributed by atoms with Crippen molar-refractivity contribution in [1.29, 1.82) is 0 Å². The molecule has 0 saturated carbocycles. The van der Waals surface area contributed by atoms with E-state index in [1.54, 1.807) is 24.7 Å². The number of nitrogens with zero attached hydrogens (tertiary/aromatic N) is 3. The van der Waals surface area contributed by atoms with Gasteiger partial charge >= 0.3 is 0 Å². The highest BCUT2D eigenvalue weighted by atomic mass is 32.2. The molecule has 3 rings (SSSR count). The SMILES string of the molecule is CCN(CC)S(=O)(=O)c1ccc(C(C)NCc2ccc(-n3ccnc3)cc2)cc1. The molecule has 1 aromatic heterocycles. The summed E-state index contributed by atoms with van der Waals surface area (Å²) in [6.45, 7) is 7.45. The van der Waals surface area contributed by atoms with Crippen LogP contribution in [0.2, 0.25) is 0 Å². The van der Waals surface area contributed by atoms with Gasteiger partial charge in [-0.2, -0.15) is 4.31 Å². The van der Waals surface area contributed by atoms with Crippen LogP contribution in [0, 0.1) is 0 Å². The quantitative estimate of drug-likeness (QED) is 0.581. The molecule has 1 atom stereocenters. The fraction of sp³-hybridized carbons (Fsp3) is 0.318. The Morgan fingerprint density at radius 2 is 1.69 bits per heavy atom. The Morgan fingerprint density at radius 1 is 1.03 bits per heavy atom. The van der Waals surface area contributed by atoms with Crippen molar-refractivity contribution < 1.29 is 8.42 Å². The van der Waals surface area contributed by atoms with E-state index >= 15 is 0 Å². The van der Waals surface area contributed by atoms with Crippen LogP contribution in [0.5, 0.6) is 0 Å². The molecule has 0 spiro atoms. The van der Waals surface area contributed by atoms with Crippen molar-refractivity contribution in [3.05, 3.63) is 78.4 Å². The molecule has 3 aromatic rings. The Hall–Kier alpha value is -2.48. The molecule has 1 unspecified atom stereocenters. The lowest BCUT2D eigenvalue weighted by molar-refractivity contribution is 0.445. The second-order valence-electron chi connectivity index (χ2n) is 6.90. The zero-order valence-corrected chi connectivity index (χ0v) is 17.9. The van der Waals surface area contributed by atoms with Crippen molar-refractivity contribution >= 4 is 10.0 Å². The highest BCUT2D eigenvalue weighted by Gasteiger charge is 2.21. The Labute approximate surface area is 173 Å². The fourth-order valence-corrected chi connectivity index (χ4v) is 4.69. The molecule has 0 saturated heterocycles. The molecule has 0 aliphatic carbocycles. The molecule has 154 valence electrons. The van der Waals surface area contributed by atoms with Crippen LogP contribution in [0.1, 0.15) is 37.9 Å². The second kappa shape index (κ2) is 9.35. The van der Waals surface area contributed by atoms with Gasteiger partial charge in [-0.3, -0.25) is 0 Å². The molecule has 1 heterocycles. The average molecular weight is 413 g/mol. The molecule has 0 radical (unpaired) electrons. The van der Waals surface area contributed by atoms with E-state index in [0.717, 1.165) is 17.8 Å². The third-order valence-electron chi connectivity index (χ3n) is 5.07. The summed E-state index contributed by atoms with van der Waals surface area (Å²) in [4.78, 5) is 4.40. The van der Waals surface area contributed by atoms with Crippen molar-refractivity contribution in [3.63, 3.8) is 0 Å². The van der Waals surface area contributed by atoms with Gasteiger partial charge in [0.25, 0.3) is 0 Å². The van der Waals surface area contributed by atoms with E-state index in [4.69, 9.17) is 0 Å². The predicted molar refractivity (Wildman–Crippen MR) is 115 cm³/mol. The van der Waals surface area contributed by atoms with Crippen LogP contribution in [0.3, 0.4) is 0 Å². The number of imidazole rings is 1. The lowest BCUT2D eigenvalue weighted by Crippen LogP contribution is -2.30. The second-order valence-corrected chi connectivity index (χ2v) is 8.84. The standard InChI is InChI=1S/C22H28N4O2S/c1-4-26(5-2)29(27,28)22-12-8-20(9-13-22)18(3)24-16-19-6-10-21(11-7-19)25-15-14-23-17-25/h6-15,17-18,24H,4-5,16H2,1-3H3. The normalized spacial score (nSPS) is 13.0. The number of benzene rings is 2. The molecular formula is C22H28N4O2S. The third-order valence-corrected chi connectivity index (χ3v) is 7.14. The van der Waals surface area contributed by atoms with E-state index in [9.17, 15) is 8.42 Å². The first-order valence-corrected chi connectivity index (χ1v) is 11.3. The first-order chi connectivity index (χ1) is 14.0. The number of nitrogens with one attached hydrogen (secondary N) is 1. The summed E-state index contributed by atoms with van der Waals surface area (Å²) in [5, 5.41) is 3.49. The zero-order valence-electron chi connectivity index (χ0n) is 17.1. The summed E-state index contributed by atoms with van der Waals surface area (Å²) in [6, 6.07) is 15.6. The number of hydrogen-bond donors (Lipinski definition) is 1. The van der Waals surface area contributed by atoms with Crippen molar-refractivity contribution in [1.82, 2.24) is 19.2 Å². The van der Waals surface area contributed by atoms with E-state index in [1.807, 2.05) is 36.7 Å². The monoisotopic (exact) mass is 412 g/mol. The van der Waals surface area contributed by atoms with Crippen molar-refractivity contribution in [2.45, 2.75) is 38.3 Å². The smallest absolute Gasteiger partial charge is 0.243 e. The van der Waals surface area contributed by atoms with Gasteiger partial charge in [-0.05, 0) is 42.3 Å². The van der Waals surface area contributed by atoms with Gasteiger partial charge in [0.15, 0.2) is 0 Å². The Bertz CT molecular complexity index is 994. The highest BCUT2D eigenvalue weighted by Crippen LogP contribution is 2.20. The third kappa shape index (κ3) is 4.93. The molecule has 0 fully saturated rings. The lowest BCUT2D eigenvalue weighted by atomic mass is 10.1. The van der Waals surface area contributed by atoms with Gasteiger partial charge in [0, 0.05) is 43.8 Å². The van der Waals surface area contributed by atoms with E-state index < -0.39 is 10.0 Å². The van der Waals surface area contributed by atoms with E-state index in [-0.39, 0.29) is 6.04 Å². The Morgan fingerprint density at radius 3 is 2.24 bits per heavy atom. The molecular weight excluding hydrogens is 384 g/mol. The molecule has 29 heavy (non-hydrogen) atoms. The van der Waals surface area contributed by atoms with Gasteiger partial charge in [0.2, 0.25) is 10.0 Å². The first-order valence-electron chi connectivity index (χ1n) is 9.86. The van der Waals surface area contributed by atoms with Gasteiger partial charge < -0.3 is 9.88 Å². The number of hydrogen-bond acceptors (Lipinski definition) is 4. The summed E-state index contributed by atoms with van der Waals surface area (Å²) in [7, 11) is -3.42. The van der Waals surface area contributed by atoms with Crippen molar-refractivity contribution in [2.75, 3.05) is 13.1 Å². The van der Waals surface area contributed by atoms with E-state index in [0.29, 0.717) is 18.0 Å². The van der Waals surface area contributed by atoms with Crippen LogP contribution in [-0.2, 0) is 16.6 Å². The molecule has 0 aliphatic rings. The molecule has 0 amide bonds. The largest absolute Gasteiger partial charge is 0.306 e. The summed E-state index contributed by atoms with van der Waals surface area (Å²) >= 11 is 0. The van der Waals surface area contributed by atoms with Crippen LogP contribution in [-0.4, -0.2) is 35.4 Å². The van der Waals surface area contributed by atoms with Gasteiger partial charge in [0.1, 0.15) is 0 Å². The van der Waals surface area contributed by atoms with Crippen LogP contribution in [0.4, 0.5) is 0 Å². The summed E-state index contributed by atoms with van der Waals surface area (Å²) < 4.78 is 28.6. The molecule has 0 bridgehead atoms. The van der Waals surface area contributed by atoms with Crippen LogP contribution in [0.25, 0.3) is 5.69 Å². The molecule has 0 aliphatic heterocycles. The molecule has 6 nitrogen and oxygen atoms in total. The molecule has 1 N–H and O–H groups in total. The van der Waals surface area contributed by atoms with Gasteiger partial charge in [-0.1, -0.05) is 38.1 Å². The topological polar surface area (TPSA) is 67.2 Å². The maximum Gasteiger partial charge on any atom is 0.243 e. The van der Waals surface area contributed by atoms with E-state index in [1.165, 1.54) is 9.87 Å². The van der Waals surface area contributed by atoms with Crippen LogP contribution in [0.15, 0.2) is 72.1 Å². The number of rotatable bonds is 9. The fourth-order valence-electron chi connectivity index (χ4n) is 3.23. The minimum atomic E-state index is -3.42. The summed E-state index contributed by atoms with van der Waals surface area (Å²) in [6.07, 6.45) is 5.45. The first kappa shape index (κ1) is 21.2. The summed E-state index contributed by atoms with van der Waals surface area (Å²) in [5.41, 5.74) is 3.31. The van der Waals surface area contributed by atoms with E-state index in [2.05, 4.69) is 41.5 Å². The van der Waals surface area contributed by atoms with Crippen LogP contribution >= 0.6 is 0 Å². The van der Waals surface area contributed by atoms with Crippen molar-refractivity contribution in [2.24, 2.45) is 0 Å².